The third-order valence-electron chi connectivity index (χ3n) is 3.41. The largest absolute Gasteiger partial charge is 0.466 e. The number of hydrogen-bond acceptors (Lipinski definition) is 4. The Bertz CT molecular complexity index is 439. The topological polar surface area (TPSA) is 51.2 Å². The van der Waals surface area contributed by atoms with Gasteiger partial charge < -0.3 is 10.1 Å². The zero-order chi connectivity index (χ0) is 13.7. The number of carbonyl (C=O) groups excluding carboxylic acids is 1. The van der Waals surface area contributed by atoms with E-state index >= 15 is 0 Å². The van der Waals surface area contributed by atoms with E-state index in [1.165, 1.54) is 0 Å². The predicted octanol–water partition coefficient (Wildman–Crippen LogP) is 3.38. The molecule has 2 unspecified atom stereocenters. The van der Waals surface area contributed by atoms with Crippen LogP contribution in [0.2, 0.25) is 0 Å². The SMILES string of the molecule is CCOC(=O)C1CCCC(Nc2cccnc2Br)C1. The van der Waals surface area contributed by atoms with E-state index in [0.717, 1.165) is 36.0 Å². The summed E-state index contributed by atoms with van der Waals surface area (Å²) in [4.78, 5) is 16.0. The number of nitrogens with zero attached hydrogens (tertiary/aromatic N) is 1. The van der Waals surface area contributed by atoms with Crippen LogP contribution >= 0.6 is 15.9 Å². The first-order valence-electron chi connectivity index (χ1n) is 6.74. The van der Waals surface area contributed by atoms with Gasteiger partial charge in [0.15, 0.2) is 0 Å². The molecule has 0 radical (unpaired) electrons. The highest BCUT2D eigenvalue weighted by atomic mass is 79.9. The van der Waals surface area contributed by atoms with Crippen LogP contribution in [0.3, 0.4) is 0 Å². The van der Waals surface area contributed by atoms with Crippen molar-refractivity contribution in [2.75, 3.05) is 11.9 Å². The number of ether oxygens (including phenoxy) is 1. The lowest BCUT2D eigenvalue weighted by atomic mass is 9.85. The summed E-state index contributed by atoms with van der Waals surface area (Å²) in [6.45, 7) is 2.31. The molecular weight excluding hydrogens is 308 g/mol. The van der Waals surface area contributed by atoms with Gasteiger partial charge in [-0.05, 0) is 54.2 Å². The van der Waals surface area contributed by atoms with Crippen molar-refractivity contribution in [3.05, 3.63) is 22.9 Å². The Morgan fingerprint density at radius 1 is 1.58 bits per heavy atom. The van der Waals surface area contributed by atoms with Gasteiger partial charge in [-0.15, -0.1) is 0 Å². The zero-order valence-corrected chi connectivity index (χ0v) is 12.6. The maximum atomic E-state index is 11.8. The molecule has 0 bridgehead atoms. The highest BCUT2D eigenvalue weighted by Crippen LogP contribution is 2.29. The molecule has 0 spiro atoms. The number of rotatable bonds is 4. The normalized spacial score (nSPS) is 22.8. The fraction of sp³-hybridized carbons (Fsp3) is 0.571. The third-order valence-corrected chi connectivity index (χ3v) is 4.04. The second-order valence-corrected chi connectivity index (χ2v) is 5.55. The monoisotopic (exact) mass is 326 g/mol. The number of halogens is 1. The maximum absolute atomic E-state index is 11.8. The zero-order valence-electron chi connectivity index (χ0n) is 11.1. The number of carbonyl (C=O) groups is 1. The van der Waals surface area contributed by atoms with Crippen LogP contribution in [-0.2, 0) is 9.53 Å². The Labute approximate surface area is 122 Å². The Kier molecular flexibility index (Phi) is 5.19. The quantitative estimate of drug-likeness (QED) is 0.680. The summed E-state index contributed by atoms with van der Waals surface area (Å²) in [6.07, 6.45) is 5.65. The lowest BCUT2D eigenvalue weighted by Gasteiger charge is -2.29. The molecule has 1 aromatic rings. The average Bonchev–Trinajstić information content (AvgIpc) is 2.42. The van der Waals surface area contributed by atoms with E-state index in [0.29, 0.717) is 12.6 Å². The first-order chi connectivity index (χ1) is 9.20. The van der Waals surface area contributed by atoms with Gasteiger partial charge in [-0.2, -0.15) is 0 Å². The molecule has 2 atom stereocenters. The molecule has 0 saturated heterocycles. The van der Waals surface area contributed by atoms with E-state index in [-0.39, 0.29) is 11.9 Å². The summed E-state index contributed by atoms with van der Waals surface area (Å²) < 4.78 is 5.93. The Morgan fingerprint density at radius 2 is 2.42 bits per heavy atom. The summed E-state index contributed by atoms with van der Waals surface area (Å²) in [5.41, 5.74) is 0.983. The van der Waals surface area contributed by atoms with Gasteiger partial charge in [0.1, 0.15) is 4.60 Å². The molecule has 5 heteroatoms. The van der Waals surface area contributed by atoms with Crippen molar-refractivity contribution in [3.63, 3.8) is 0 Å². The number of aromatic nitrogens is 1. The Balaban J connectivity index is 1.94. The lowest BCUT2D eigenvalue weighted by Crippen LogP contribution is -2.32. The number of pyridine rings is 1. The molecule has 19 heavy (non-hydrogen) atoms. The van der Waals surface area contributed by atoms with E-state index in [9.17, 15) is 4.79 Å². The van der Waals surface area contributed by atoms with Crippen LogP contribution in [0.1, 0.15) is 32.6 Å². The van der Waals surface area contributed by atoms with Gasteiger partial charge >= 0.3 is 5.97 Å². The van der Waals surface area contributed by atoms with Crippen LogP contribution < -0.4 is 5.32 Å². The first kappa shape index (κ1) is 14.3. The second kappa shape index (κ2) is 6.89. The molecule has 1 aromatic heterocycles. The van der Waals surface area contributed by atoms with Gasteiger partial charge in [0.25, 0.3) is 0 Å². The highest BCUT2D eigenvalue weighted by Gasteiger charge is 2.28. The minimum atomic E-state index is -0.0562. The van der Waals surface area contributed by atoms with Crippen LogP contribution in [0.4, 0.5) is 5.69 Å². The van der Waals surface area contributed by atoms with Gasteiger partial charge in [-0.1, -0.05) is 6.42 Å². The van der Waals surface area contributed by atoms with Gasteiger partial charge in [0, 0.05) is 12.2 Å². The molecule has 1 heterocycles. The third kappa shape index (κ3) is 3.93. The average molecular weight is 327 g/mol. The van der Waals surface area contributed by atoms with Crippen LogP contribution in [0.5, 0.6) is 0 Å². The summed E-state index contributed by atoms with van der Waals surface area (Å²) in [5.74, 6) is -0.0269. The van der Waals surface area contributed by atoms with Crippen molar-refractivity contribution in [1.29, 1.82) is 0 Å². The van der Waals surface area contributed by atoms with E-state index in [2.05, 4.69) is 26.2 Å². The molecular formula is C14H19BrN2O2. The van der Waals surface area contributed by atoms with E-state index in [1.54, 1.807) is 6.20 Å². The van der Waals surface area contributed by atoms with E-state index in [4.69, 9.17) is 4.74 Å². The van der Waals surface area contributed by atoms with Crippen LogP contribution in [-0.4, -0.2) is 23.6 Å². The first-order valence-corrected chi connectivity index (χ1v) is 7.53. The van der Waals surface area contributed by atoms with E-state index < -0.39 is 0 Å². The summed E-state index contributed by atoms with van der Waals surface area (Å²) in [7, 11) is 0. The van der Waals surface area contributed by atoms with Crippen molar-refractivity contribution < 1.29 is 9.53 Å². The van der Waals surface area contributed by atoms with Crippen molar-refractivity contribution >= 4 is 27.6 Å². The molecule has 1 aliphatic rings. The summed E-state index contributed by atoms with van der Waals surface area (Å²) in [5, 5.41) is 3.46. The number of hydrogen-bond donors (Lipinski definition) is 1. The second-order valence-electron chi connectivity index (χ2n) is 4.80. The van der Waals surface area contributed by atoms with Crippen LogP contribution in [0.25, 0.3) is 0 Å². The van der Waals surface area contributed by atoms with Gasteiger partial charge in [0.2, 0.25) is 0 Å². The smallest absolute Gasteiger partial charge is 0.308 e. The number of anilines is 1. The molecule has 1 N–H and O–H groups in total. The minimum Gasteiger partial charge on any atom is -0.466 e. The molecule has 1 aliphatic carbocycles. The summed E-state index contributed by atoms with van der Waals surface area (Å²) in [6, 6.07) is 4.20. The molecule has 104 valence electrons. The van der Waals surface area contributed by atoms with Crippen molar-refractivity contribution in [2.24, 2.45) is 5.92 Å². The Hall–Kier alpha value is -1.10. The number of esters is 1. The number of nitrogens with one attached hydrogen (secondary N) is 1. The maximum Gasteiger partial charge on any atom is 0.308 e. The molecule has 4 nitrogen and oxygen atoms in total. The standard InChI is InChI=1S/C14H19BrN2O2/c1-2-19-14(18)10-5-3-6-11(9-10)17-12-7-4-8-16-13(12)15/h4,7-8,10-11,17H,2-3,5-6,9H2,1H3. The van der Waals surface area contributed by atoms with Gasteiger partial charge in [0.05, 0.1) is 18.2 Å². The lowest BCUT2D eigenvalue weighted by molar-refractivity contribution is -0.149. The molecule has 1 fully saturated rings. The Morgan fingerprint density at radius 3 is 3.16 bits per heavy atom. The van der Waals surface area contributed by atoms with Crippen molar-refractivity contribution in [1.82, 2.24) is 4.98 Å². The molecule has 0 amide bonds. The predicted molar refractivity (Wildman–Crippen MR) is 77.9 cm³/mol. The highest BCUT2D eigenvalue weighted by molar-refractivity contribution is 9.10. The molecule has 2 rings (SSSR count). The van der Waals surface area contributed by atoms with Gasteiger partial charge in [-0.25, -0.2) is 4.98 Å². The van der Waals surface area contributed by atoms with Crippen LogP contribution in [0, 0.1) is 5.92 Å². The molecule has 1 saturated carbocycles. The van der Waals surface area contributed by atoms with Crippen molar-refractivity contribution in [2.45, 2.75) is 38.6 Å². The minimum absolute atomic E-state index is 0.0293. The fourth-order valence-electron chi connectivity index (χ4n) is 2.51. The van der Waals surface area contributed by atoms with Crippen molar-refractivity contribution in [3.8, 4) is 0 Å². The molecule has 0 aromatic carbocycles. The van der Waals surface area contributed by atoms with Gasteiger partial charge in [-0.3, -0.25) is 4.79 Å². The summed E-state index contributed by atoms with van der Waals surface area (Å²) >= 11 is 3.43. The fourth-order valence-corrected chi connectivity index (χ4v) is 2.87. The van der Waals surface area contributed by atoms with Crippen LogP contribution in [0.15, 0.2) is 22.9 Å². The van der Waals surface area contributed by atoms with E-state index in [1.807, 2.05) is 19.1 Å². The molecule has 0 aliphatic heterocycles.